The van der Waals surface area contributed by atoms with E-state index >= 15 is 0 Å². The SMILES string of the molecule is CC(C)(C)OC(=O)N1CCC2(CC1)CC(c1cccc(Oc3ccc(C(F)(F)F)cn3)c1)CO2. The number of hydrogen-bond acceptors (Lipinski definition) is 5. The minimum Gasteiger partial charge on any atom is -0.444 e. The first-order chi connectivity index (χ1) is 15.9. The van der Waals surface area contributed by atoms with Gasteiger partial charge in [0.1, 0.15) is 11.4 Å². The lowest BCUT2D eigenvalue weighted by Gasteiger charge is -2.39. The lowest BCUT2D eigenvalue weighted by Crippen LogP contribution is -2.47. The highest BCUT2D eigenvalue weighted by Crippen LogP contribution is 2.43. The van der Waals surface area contributed by atoms with E-state index in [1.807, 2.05) is 39.0 Å². The minimum absolute atomic E-state index is 0.0961. The van der Waals surface area contributed by atoms with Crippen LogP contribution in [-0.4, -0.2) is 46.9 Å². The van der Waals surface area contributed by atoms with Crippen LogP contribution in [0.4, 0.5) is 18.0 Å². The van der Waals surface area contributed by atoms with Crippen molar-refractivity contribution in [2.45, 2.75) is 63.3 Å². The van der Waals surface area contributed by atoms with Crippen LogP contribution in [0.3, 0.4) is 0 Å². The molecular weight excluding hydrogens is 449 g/mol. The molecule has 2 saturated heterocycles. The predicted molar refractivity (Wildman–Crippen MR) is 119 cm³/mol. The zero-order valence-electron chi connectivity index (χ0n) is 19.5. The number of hydrogen-bond donors (Lipinski definition) is 0. The summed E-state index contributed by atoms with van der Waals surface area (Å²) < 4.78 is 55.6. The Kier molecular flexibility index (Phi) is 6.50. The van der Waals surface area contributed by atoms with Gasteiger partial charge in [-0.1, -0.05) is 12.1 Å². The van der Waals surface area contributed by atoms with Gasteiger partial charge in [-0.3, -0.25) is 0 Å². The zero-order chi connectivity index (χ0) is 24.6. The van der Waals surface area contributed by atoms with Crippen LogP contribution in [0.15, 0.2) is 42.6 Å². The molecule has 184 valence electrons. The number of rotatable bonds is 3. The van der Waals surface area contributed by atoms with E-state index in [-0.39, 0.29) is 23.5 Å². The highest BCUT2D eigenvalue weighted by Gasteiger charge is 2.44. The average Bonchev–Trinajstić information content (AvgIpc) is 3.16. The molecule has 0 N–H and O–H groups in total. The van der Waals surface area contributed by atoms with Gasteiger partial charge in [0.2, 0.25) is 5.88 Å². The second-order valence-corrected chi connectivity index (χ2v) is 9.92. The fraction of sp³-hybridized carbons (Fsp3) is 0.520. The van der Waals surface area contributed by atoms with Crippen molar-refractivity contribution in [3.8, 4) is 11.6 Å². The Balaban J connectivity index is 1.36. The monoisotopic (exact) mass is 478 g/mol. The van der Waals surface area contributed by atoms with Crippen LogP contribution >= 0.6 is 0 Å². The largest absolute Gasteiger partial charge is 0.444 e. The number of piperidine rings is 1. The summed E-state index contributed by atoms with van der Waals surface area (Å²) in [6.45, 7) is 7.30. The normalized spacial score (nSPS) is 20.4. The fourth-order valence-electron chi connectivity index (χ4n) is 4.39. The third-order valence-electron chi connectivity index (χ3n) is 6.15. The van der Waals surface area contributed by atoms with E-state index in [0.29, 0.717) is 25.4 Å². The smallest absolute Gasteiger partial charge is 0.417 e. The molecule has 3 heterocycles. The highest BCUT2D eigenvalue weighted by molar-refractivity contribution is 5.68. The molecule has 1 amide bonds. The predicted octanol–water partition coefficient (Wildman–Crippen LogP) is 6.17. The van der Waals surface area contributed by atoms with E-state index in [1.54, 1.807) is 11.0 Å². The molecule has 9 heteroatoms. The van der Waals surface area contributed by atoms with Gasteiger partial charge in [-0.25, -0.2) is 9.78 Å². The quantitative estimate of drug-likeness (QED) is 0.528. The summed E-state index contributed by atoms with van der Waals surface area (Å²) in [5, 5.41) is 0. The number of halogens is 3. The maximum absolute atomic E-state index is 12.7. The Morgan fingerprint density at radius 1 is 1.15 bits per heavy atom. The van der Waals surface area contributed by atoms with Crippen molar-refractivity contribution < 1.29 is 32.2 Å². The Morgan fingerprint density at radius 2 is 1.88 bits per heavy atom. The zero-order valence-corrected chi connectivity index (χ0v) is 19.5. The Morgan fingerprint density at radius 3 is 2.50 bits per heavy atom. The Bertz CT molecular complexity index is 1010. The van der Waals surface area contributed by atoms with Gasteiger partial charge in [0.15, 0.2) is 0 Å². The molecule has 1 aromatic carbocycles. The van der Waals surface area contributed by atoms with Crippen LogP contribution in [0, 0.1) is 0 Å². The first-order valence-corrected chi connectivity index (χ1v) is 11.4. The molecule has 0 radical (unpaired) electrons. The number of ether oxygens (including phenoxy) is 3. The summed E-state index contributed by atoms with van der Waals surface area (Å²) in [7, 11) is 0. The molecule has 1 aromatic heterocycles. The summed E-state index contributed by atoms with van der Waals surface area (Å²) in [5.41, 5.74) is -0.574. The number of likely N-dealkylation sites (tertiary alicyclic amines) is 1. The number of benzene rings is 1. The van der Waals surface area contributed by atoms with Crippen LogP contribution in [0.5, 0.6) is 11.6 Å². The summed E-state index contributed by atoms with van der Waals surface area (Å²) in [6, 6.07) is 9.63. The van der Waals surface area contributed by atoms with Gasteiger partial charge in [0.25, 0.3) is 0 Å². The van der Waals surface area contributed by atoms with E-state index in [4.69, 9.17) is 14.2 Å². The van der Waals surface area contributed by atoms with Crippen LogP contribution in [0.25, 0.3) is 0 Å². The highest BCUT2D eigenvalue weighted by atomic mass is 19.4. The molecule has 1 spiro atoms. The van der Waals surface area contributed by atoms with Crippen LogP contribution in [0.2, 0.25) is 0 Å². The van der Waals surface area contributed by atoms with Crippen LogP contribution in [-0.2, 0) is 15.7 Å². The second-order valence-electron chi connectivity index (χ2n) is 9.92. The number of nitrogens with zero attached hydrogens (tertiary/aromatic N) is 2. The van der Waals surface area contributed by atoms with Gasteiger partial charge in [0.05, 0.1) is 17.8 Å². The first-order valence-electron chi connectivity index (χ1n) is 11.4. The average molecular weight is 479 g/mol. The van der Waals surface area contributed by atoms with Crippen molar-refractivity contribution in [2.24, 2.45) is 0 Å². The van der Waals surface area contributed by atoms with Gasteiger partial charge in [-0.2, -0.15) is 13.2 Å². The molecule has 0 bridgehead atoms. The molecule has 0 saturated carbocycles. The third-order valence-corrected chi connectivity index (χ3v) is 6.15. The van der Waals surface area contributed by atoms with E-state index in [0.717, 1.165) is 37.1 Å². The molecule has 2 fully saturated rings. The molecule has 6 nitrogen and oxygen atoms in total. The topological polar surface area (TPSA) is 60.9 Å². The second kappa shape index (κ2) is 9.09. The lowest BCUT2D eigenvalue weighted by molar-refractivity contribution is -0.137. The number of carbonyl (C=O) groups is 1. The van der Waals surface area contributed by atoms with Crippen molar-refractivity contribution in [2.75, 3.05) is 19.7 Å². The van der Waals surface area contributed by atoms with Crippen molar-refractivity contribution in [1.29, 1.82) is 0 Å². The molecule has 2 aromatic rings. The number of carbonyl (C=O) groups excluding carboxylic acids is 1. The molecule has 34 heavy (non-hydrogen) atoms. The van der Waals surface area contributed by atoms with Gasteiger partial charge >= 0.3 is 12.3 Å². The van der Waals surface area contributed by atoms with E-state index in [2.05, 4.69) is 4.98 Å². The number of amides is 1. The molecule has 4 rings (SSSR count). The molecule has 1 atom stereocenters. The van der Waals surface area contributed by atoms with Gasteiger partial charge < -0.3 is 19.1 Å². The third kappa shape index (κ3) is 5.81. The maximum atomic E-state index is 12.7. The standard InChI is InChI=1S/C25H29F3N2O4/c1-23(2,3)34-22(31)30-11-9-24(10-12-30)14-18(16-32-24)17-5-4-6-20(13-17)33-21-8-7-19(15-29-21)25(26,27)28/h4-8,13,15,18H,9-12,14,16H2,1-3H3. The fourth-order valence-corrected chi connectivity index (χ4v) is 4.39. The van der Waals surface area contributed by atoms with Crippen molar-refractivity contribution in [3.63, 3.8) is 0 Å². The summed E-state index contributed by atoms with van der Waals surface area (Å²) in [6.07, 6.45) is -1.65. The lowest BCUT2D eigenvalue weighted by atomic mass is 9.83. The number of aromatic nitrogens is 1. The van der Waals surface area contributed by atoms with Gasteiger partial charge in [0, 0.05) is 31.3 Å². The minimum atomic E-state index is -4.44. The van der Waals surface area contributed by atoms with Crippen LogP contribution < -0.4 is 4.74 Å². The summed E-state index contributed by atoms with van der Waals surface area (Å²) in [5.74, 6) is 0.765. The molecule has 1 unspecified atom stereocenters. The molecular formula is C25H29F3N2O4. The van der Waals surface area contributed by atoms with Gasteiger partial charge in [-0.05, 0) is 63.8 Å². The number of pyridine rings is 1. The van der Waals surface area contributed by atoms with Crippen LogP contribution in [0.1, 0.15) is 57.1 Å². The summed E-state index contributed by atoms with van der Waals surface area (Å²) >= 11 is 0. The van der Waals surface area contributed by atoms with Gasteiger partial charge in [-0.15, -0.1) is 0 Å². The van der Waals surface area contributed by atoms with Crippen molar-refractivity contribution >= 4 is 6.09 Å². The van der Waals surface area contributed by atoms with Crippen molar-refractivity contribution in [1.82, 2.24) is 9.88 Å². The molecule has 2 aliphatic heterocycles. The van der Waals surface area contributed by atoms with E-state index in [9.17, 15) is 18.0 Å². The Hall–Kier alpha value is -2.81. The van der Waals surface area contributed by atoms with E-state index < -0.39 is 17.3 Å². The summed E-state index contributed by atoms with van der Waals surface area (Å²) in [4.78, 5) is 17.9. The molecule has 2 aliphatic rings. The van der Waals surface area contributed by atoms with E-state index in [1.165, 1.54) is 6.07 Å². The first kappa shape index (κ1) is 24.3. The Labute approximate surface area is 197 Å². The van der Waals surface area contributed by atoms with Crippen molar-refractivity contribution in [3.05, 3.63) is 53.7 Å². The number of alkyl halides is 3. The molecule has 0 aliphatic carbocycles. The maximum Gasteiger partial charge on any atom is 0.417 e.